The van der Waals surface area contributed by atoms with Crippen molar-refractivity contribution in [2.45, 2.75) is 47.1 Å². The van der Waals surface area contributed by atoms with Gasteiger partial charge in [0.15, 0.2) is 0 Å². The van der Waals surface area contributed by atoms with E-state index in [9.17, 15) is 4.79 Å². The summed E-state index contributed by atoms with van der Waals surface area (Å²) in [5.74, 6) is 0.290. The second-order valence-corrected chi connectivity index (χ2v) is 5.27. The maximum absolute atomic E-state index is 11.7. The molecular weight excluding hydrogens is 220 g/mol. The Morgan fingerprint density at radius 3 is 2.44 bits per heavy atom. The van der Waals surface area contributed by atoms with E-state index >= 15 is 0 Å². The van der Waals surface area contributed by atoms with Crippen molar-refractivity contribution in [1.82, 2.24) is 10.3 Å². The Morgan fingerprint density at radius 2 is 2.00 bits per heavy atom. The van der Waals surface area contributed by atoms with Gasteiger partial charge in [0.25, 0.3) is 0 Å². The number of amides is 1. The van der Waals surface area contributed by atoms with Gasteiger partial charge in [0, 0.05) is 10.8 Å². The smallest absolute Gasteiger partial charge is 0.223 e. The van der Waals surface area contributed by atoms with E-state index in [1.165, 1.54) is 4.88 Å². The average molecular weight is 240 g/mol. The van der Waals surface area contributed by atoms with E-state index in [1.807, 2.05) is 20.8 Å². The summed E-state index contributed by atoms with van der Waals surface area (Å²) in [7, 11) is 0. The fourth-order valence-corrected chi connectivity index (χ4v) is 2.46. The van der Waals surface area contributed by atoms with Crippen molar-refractivity contribution >= 4 is 17.2 Å². The summed E-state index contributed by atoms with van der Waals surface area (Å²) >= 11 is 1.66. The summed E-state index contributed by atoms with van der Waals surface area (Å²) in [6, 6.07) is 0. The number of hydrogen-bond acceptors (Lipinski definition) is 3. The first-order chi connectivity index (χ1) is 7.58. The summed E-state index contributed by atoms with van der Waals surface area (Å²) in [6.45, 7) is 8.71. The molecule has 1 rings (SSSR count). The van der Waals surface area contributed by atoms with Gasteiger partial charge in [0.2, 0.25) is 5.91 Å². The van der Waals surface area contributed by atoms with Gasteiger partial charge in [-0.2, -0.15) is 0 Å². The lowest BCUT2D eigenvalue weighted by Crippen LogP contribution is -2.29. The van der Waals surface area contributed by atoms with Crippen LogP contribution in [0, 0.1) is 19.8 Å². The van der Waals surface area contributed by atoms with E-state index < -0.39 is 0 Å². The van der Waals surface area contributed by atoms with E-state index in [-0.39, 0.29) is 11.8 Å². The molecule has 1 N–H and O–H groups in total. The van der Waals surface area contributed by atoms with Crippen LogP contribution in [-0.2, 0) is 11.3 Å². The maximum atomic E-state index is 11.7. The molecule has 0 saturated carbocycles. The van der Waals surface area contributed by atoms with Gasteiger partial charge in [-0.15, -0.1) is 11.3 Å². The summed E-state index contributed by atoms with van der Waals surface area (Å²) in [4.78, 5) is 17.4. The Kier molecular flexibility index (Phi) is 4.93. The van der Waals surface area contributed by atoms with E-state index in [4.69, 9.17) is 0 Å². The highest BCUT2D eigenvalue weighted by Gasteiger charge is 2.14. The number of aromatic nitrogens is 1. The molecule has 0 aliphatic carbocycles. The van der Waals surface area contributed by atoms with Gasteiger partial charge < -0.3 is 5.32 Å². The van der Waals surface area contributed by atoms with Crippen LogP contribution in [0.1, 0.15) is 42.3 Å². The van der Waals surface area contributed by atoms with Gasteiger partial charge >= 0.3 is 0 Å². The summed E-state index contributed by atoms with van der Waals surface area (Å²) in [5, 5.41) is 3.95. The lowest BCUT2D eigenvalue weighted by Gasteiger charge is -2.11. The number of carbonyl (C=O) groups is 1. The van der Waals surface area contributed by atoms with Gasteiger partial charge in [-0.05, 0) is 26.7 Å². The van der Waals surface area contributed by atoms with Crippen molar-refractivity contribution in [3.05, 3.63) is 15.6 Å². The fraction of sp³-hybridized carbons (Fsp3) is 0.667. The second kappa shape index (κ2) is 5.99. The summed E-state index contributed by atoms with van der Waals surface area (Å²) in [6.07, 6.45) is 1.80. The van der Waals surface area contributed by atoms with Gasteiger partial charge in [-0.3, -0.25) is 4.79 Å². The first-order valence-corrected chi connectivity index (χ1v) is 6.60. The highest BCUT2D eigenvalue weighted by Crippen LogP contribution is 2.16. The van der Waals surface area contributed by atoms with Crippen LogP contribution in [0.15, 0.2) is 0 Å². The predicted octanol–water partition coefficient (Wildman–Crippen LogP) is 2.81. The summed E-state index contributed by atoms with van der Waals surface area (Å²) < 4.78 is 0. The van der Waals surface area contributed by atoms with Crippen molar-refractivity contribution in [3.8, 4) is 0 Å². The molecular formula is C12H20N2OS. The zero-order valence-electron chi connectivity index (χ0n) is 10.5. The number of aryl methyl sites for hydroxylation is 2. The molecule has 0 radical (unpaired) electrons. The van der Waals surface area contributed by atoms with Gasteiger partial charge in [-0.1, -0.05) is 13.8 Å². The van der Waals surface area contributed by atoms with Crippen molar-refractivity contribution in [2.24, 2.45) is 5.92 Å². The van der Waals surface area contributed by atoms with E-state index in [1.54, 1.807) is 11.3 Å². The first kappa shape index (κ1) is 13.2. The highest BCUT2D eigenvalue weighted by atomic mass is 32.1. The molecule has 0 unspecified atom stereocenters. The minimum Gasteiger partial charge on any atom is -0.349 e. The Morgan fingerprint density at radius 1 is 1.38 bits per heavy atom. The Bertz CT molecular complexity index is 336. The zero-order valence-corrected chi connectivity index (χ0v) is 11.3. The van der Waals surface area contributed by atoms with Crippen LogP contribution >= 0.6 is 11.3 Å². The van der Waals surface area contributed by atoms with E-state index in [0.29, 0.717) is 6.54 Å². The average Bonchev–Trinajstić information content (AvgIpc) is 2.57. The number of nitrogens with zero attached hydrogens (tertiary/aromatic N) is 1. The molecule has 16 heavy (non-hydrogen) atoms. The second-order valence-electron chi connectivity index (χ2n) is 3.98. The first-order valence-electron chi connectivity index (χ1n) is 5.79. The number of carbonyl (C=O) groups excluding carboxylic acids is 1. The van der Waals surface area contributed by atoms with Crippen LogP contribution in [0.2, 0.25) is 0 Å². The standard InChI is InChI=1S/C12H20N2OS/c1-5-10(6-2)12(15)13-7-11-14-8(3)9(4)16-11/h10H,5-7H2,1-4H3,(H,13,15). The van der Waals surface area contributed by atoms with Crippen molar-refractivity contribution < 1.29 is 4.79 Å². The Balaban J connectivity index is 2.48. The normalized spacial score (nSPS) is 10.8. The number of rotatable bonds is 5. The molecule has 0 aromatic carbocycles. The third-order valence-electron chi connectivity index (χ3n) is 2.84. The molecule has 0 aliphatic heterocycles. The zero-order chi connectivity index (χ0) is 12.1. The Labute approximate surface area is 101 Å². The van der Waals surface area contributed by atoms with Crippen molar-refractivity contribution in [3.63, 3.8) is 0 Å². The monoisotopic (exact) mass is 240 g/mol. The molecule has 4 heteroatoms. The number of thiazole rings is 1. The van der Waals surface area contributed by atoms with Crippen LogP contribution in [0.25, 0.3) is 0 Å². The topological polar surface area (TPSA) is 42.0 Å². The van der Waals surface area contributed by atoms with Crippen LogP contribution in [0.5, 0.6) is 0 Å². The number of nitrogens with one attached hydrogen (secondary N) is 1. The van der Waals surface area contributed by atoms with E-state index in [0.717, 1.165) is 23.5 Å². The quantitative estimate of drug-likeness (QED) is 0.860. The summed E-state index contributed by atoms with van der Waals surface area (Å²) in [5.41, 5.74) is 1.07. The lowest BCUT2D eigenvalue weighted by molar-refractivity contribution is -0.125. The molecule has 0 fully saturated rings. The minimum absolute atomic E-state index is 0.141. The molecule has 0 aliphatic rings. The molecule has 3 nitrogen and oxygen atoms in total. The van der Waals surface area contributed by atoms with Crippen molar-refractivity contribution in [2.75, 3.05) is 0 Å². The van der Waals surface area contributed by atoms with Gasteiger partial charge in [-0.25, -0.2) is 4.98 Å². The highest BCUT2D eigenvalue weighted by molar-refractivity contribution is 7.11. The molecule has 1 amide bonds. The molecule has 90 valence electrons. The Hall–Kier alpha value is -0.900. The molecule has 0 saturated heterocycles. The molecule has 1 aromatic rings. The molecule has 1 aromatic heterocycles. The molecule has 0 spiro atoms. The SMILES string of the molecule is CCC(CC)C(=O)NCc1nc(C)c(C)s1. The third-order valence-corrected chi connectivity index (χ3v) is 3.92. The number of hydrogen-bond donors (Lipinski definition) is 1. The van der Waals surface area contributed by atoms with Crippen LogP contribution in [-0.4, -0.2) is 10.9 Å². The molecule has 0 bridgehead atoms. The van der Waals surface area contributed by atoms with Crippen LogP contribution in [0.3, 0.4) is 0 Å². The largest absolute Gasteiger partial charge is 0.349 e. The molecule has 1 heterocycles. The van der Waals surface area contributed by atoms with Gasteiger partial charge in [0.1, 0.15) is 5.01 Å². The molecule has 0 atom stereocenters. The van der Waals surface area contributed by atoms with E-state index in [2.05, 4.69) is 17.2 Å². The predicted molar refractivity (Wildman–Crippen MR) is 67.5 cm³/mol. The van der Waals surface area contributed by atoms with Gasteiger partial charge in [0.05, 0.1) is 12.2 Å². The fourth-order valence-electron chi connectivity index (χ4n) is 1.58. The lowest BCUT2D eigenvalue weighted by atomic mass is 10.0. The van der Waals surface area contributed by atoms with Crippen LogP contribution < -0.4 is 5.32 Å². The minimum atomic E-state index is 0.141. The van der Waals surface area contributed by atoms with Crippen LogP contribution in [0.4, 0.5) is 0 Å². The van der Waals surface area contributed by atoms with Crippen molar-refractivity contribution in [1.29, 1.82) is 0 Å². The maximum Gasteiger partial charge on any atom is 0.223 e. The third kappa shape index (κ3) is 3.30.